The molecule has 1 aromatic carbocycles. The van der Waals surface area contributed by atoms with Gasteiger partial charge in [0.15, 0.2) is 6.10 Å². The van der Waals surface area contributed by atoms with E-state index in [2.05, 4.69) is 15.7 Å². The number of rotatable bonds is 4. The maximum Gasteiger partial charge on any atom is 0.338 e. The van der Waals surface area contributed by atoms with Crippen molar-refractivity contribution >= 4 is 40.9 Å². The molecule has 2 N–H and O–H groups in total. The standard InChI is InChI=1S/C19H22N4O4S/c1-10-17(11(2)23(4)22-10)21-18(25)12(3)27-19(26)13-5-6-15-14(9-13)20-16(24)7-8-28-15/h5-6,9,12H,7-8H2,1-4H3,(H,20,24)(H,21,25)/t12-/m0/s1. The van der Waals surface area contributed by atoms with Gasteiger partial charge in [0.2, 0.25) is 5.91 Å². The van der Waals surface area contributed by atoms with Crippen molar-refractivity contribution in [2.24, 2.45) is 7.05 Å². The second kappa shape index (κ2) is 8.05. The van der Waals surface area contributed by atoms with Crippen molar-refractivity contribution in [1.29, 1.82) is 0 Å². The van der Waals surface area contributed by atoms with Crippen LogP contribution in [0.4, 0.5) is 11.4 Å². The monoisotopic (exact) mass is 402 g/mol. The van der Waals surface area contributed by atoms with Crippen LogP contribution in [0.3, 0.4) is 0 Å². The minimum atomic E-state index is -0.991. The van der Waals surface area contributed by atoms with E-state index >= 15 is 0 Å². The molecule has 148 valence electrons. The average molecular weight is 402 g/mol. The van der Waals surface area contributed by atoms with Crippen LogP contribution in [0, 0.1) is 13.8 Å². The number of nitrogens with one attached hydrogen (secondary N) is 2. The normalized spacial score (nSPS) is 14.5. The second-order valence-corrected chi connectivity index (χ2v) is 7.70. The average Bonchev–Trinajstić information content (AvgIpc) is 2.80. The van der Waals surface area contributed by atoms with Crippen LogP contribution < -0.4 is 10.6 Å². The topological polar surface area (TPSA) is 102 Å². The van der Waals surface area contributed by atoms with Gasteiger partial charge in [-0.05, 0) is 39.0 Å². The van der Waals surface area contributed by atoms with Crippen molar-refractivity contribution in [2.75, 3.05) is 16.4 Å². The van der Waals surface area contributed by atoms with Gasteiger partial charge in [0.25, 0.3) is 5.91 Å². The third-order valence-corrected chi connectivity index (χ3v) is 5.56. The number of thioether (sulfide) groups is 1. The van der Waals surface area contributed by atoms with Crippen LogP contribution >= 0.6 is 11.8 Å². The molecule has 0 spiro atoms. The maximum absolute atomic E-state index is 12.5. The zero-order valence-electron chi connectivity index (χ0n) is 16.2. The summed E-state index contributed by atoms with van der Waals surface area (Å²) < 4.78 is 6.98. The molecule has 1 atom stereocenters. The minimum absolute atomic E-state index is 0.0910. The molecular formula is C19H22N4O4S. The lowest BCUT2D eigenvalue weighted by molar-refractivity contribution is -0.123. The number of nitrogens with zero attached hydrogens (tertiary/aromatic N) is 2. The zero-order valence-corrected chi connectivity index (χ0v) is 17.0. The van der Waals surface area contributed by atoms with E-state index in [0.29, 0.717) is 29.2 Å². The van der Waals surface area contributed by atoms with Crippen LogP contribution in [-0.2, 0) is 21.4 Å². The predicted molar refractivity (Wildman–Crippen MR) is 107 cm³/mol. The van der Waals surface area contributed by atoms with Crippen molar-refractivity contribution in [3.05, 3.63) is 35.2 Å². The third kappa shape index (κ3) is 4.19. The Balaban J connectivity index is 1.68. The molecule has 2 amide bonds. The summed E-state index contributed by atoms with van der Waals surface area (Å²) in [6.45, 7) is 5.14. The zero-order chi connectivity index (χ0) is 20.4. The van der Waals surface area contributed by atoms with Gasteiger partial charge < -0.3 is 15.4 Å². The summed E-state index contributed by atoms with van der Waals surface area (Å²) >= 11 is 1.55. The molecule has 0 saturated heterocycles. The highest BCUT2D eigenvalue weighted by Crippen LogP contribution is 2.31. The first-order chi connectivity index (χ1) is 13.3. The van der Waals surface area contributed by atoms with Crippen LogP contribution in [0.1, 0.15) is 35.1 Å². The van der Waals surface area contributed by atoms with Crippen molar-refractivity contribution in [3.8, 4) is 0 Å². The molecule has 2 heterocycles. The lowest BCUT2D eigenvalue weighted by Crippen LogP contribution is -2.30. The Morgan fingerprint density at radius 2 is 2.11 bits per heavy atom. The quantitative estimate of drug-likeness (QED) is 0.763. The predicted octanol–water partition coefficient (Wildman–Crippen LogP) is 2.66. The molecule has 1 aliphatic heterocycles. The molecule has 2 aromatic rings. The van der Waals surface area contributed by atoms with Crippen LogP contribution in [0.2, 0.25) is 0 Å². The fraction of sp³-hybridized carbons (Fsp3) is 0.368. The summed E-state index contributed by atoms with van der Waals surface area (Å²) in [4.78, 5) is 37.5. The molecule has 0 saturated carbocycles. The number of benzene rings is 1. The first-order valence-corrected chi connectivity index (χ1v) is 9.83. The van der Waals surface area contributed by atoms with Gasteiger partial charge >= 0.3 is 5.97 Å². The number of anilines is 2. The number of carbonyl (C=O) groups is 3. The number of aromatic nitrogens is 2. The highest BCUT2D eigenvalue weighted by Gasteiger charge is 2.23. The summed E-state index contributed by atoms with van der Waals surface area (Å²) in [6, 6.07) is 4.98. The van der Waals surface area contributed by atoms with Gasteiger partial charge in [-0.15, -0.1) is 11.8 Å². The number of carbonyl (C=O) groups excluding carboxylic acids is 3. The van der Waals surface area contributed by atoms with Gasteiger partial charge in [-0.1, -0.05) is 0 Å². The Bertz CT molecular complexity index is 954. The lowest BCUT2D eigenvalue weighted by Gasteiger charge is -2.14. The summed E-state index contributed by atoms with van der Waals surface area (Å²) in [7, 11) is 1.79. The molecule has 1 aromatic heterocycles. The molecule has 28 heavy (non-hydrogen) atoms. The fourth-order valence-corrected chi connectivity index (χ4v) is 3.75. The number of hydrogen-bond acceptors (Lipinski definition) is 6. The molecule has 0 bridgehead atoms. The minimum Gasteiger partial charge on any atom is -0.449 e. The molecule has 0 unspecified atom stereocenters. The van der Waals surface area contributed by atoms with Crippen molar-refractivity contribution in [3.63, 3.8) is 0 Å². The maximum atomic E-state index is 12.5. The Labute approximate surface area is 167 Å². The van der Waals surface area contributed by atoms with E-state index in [1.165, 1.54) is 6.92 Å². The van der Waals surface area contributed by atoms with E-state index in [0.717, 1.165) is 10.6 Å². The molecule has 1 aliphatic rings. The Morgan fingerprint density at radius 1 is 1.36 bits per heavy atom. The summed E-state index contributed by atoms with van der Waals surface area (Å²) in [5, 5.41) is 9.79. The van der Waals surface area contributed by atoms with E-state index in [1.807, 2.05) is 6.92 Å². The smallest absolute Gasteiger partial charge is 0.338 e. The van der Waals surface area contributed by atoms with Crippen LogP contribution in [0.25, 0.3) is 0 Å². The van der Waals surface area contributed by atoms with E-state index in [1.54, 1.807) is 48.6 Å². The first kappa shape index (κ1) is 19.9. The Hall–Kier alpha value is -2.81. The molecule has 9 heteroatoms. The summed E-state index contributed by atoms with van der Waals surface area (Å²) in [6.07, 6.45) is -0.571. The number of fused-ring (bicyclic) bond motifs is 1. The van der Waals surface area contributed by atoms with E-state index in [4.69, 9.17) is 4.74 Å². The van der Waals surface area contributed by atoms with Gasteiger partial charge in [-0.25, -0.2) is 4.79 Å². The molecular weight excluding hydrogens is 380 g/mol. The second-order valence-electron chi connectivity index (χ2n) is 6.56. The van der Waals surface area contributed by atoms with E-state index in [-0.39, 0.29) is 11.5 Å². The van der Waals surface area contributed by atoms with Gasteiger partial charge in [0.1, 0.15) is 0 Å². The van der Waals surface area contributed by atoms with Gasteiger partial charge in [0, 0.05) is 24.1 Å². The number of ether oxygens (including phenoxy) is 1. The highest BCUT2D eigenvalue weighted by atomic mass is 32.2. The molecule has 0 aliphatic carbocycles. The summed E-state index contributed by atoms with van der Waals surface area (Å²) in [5.41, 5.74) is 2.96. The Kier molecular flexibility index (Phi) is 5.73. The number of amides is 2. The largest absolute Gasteiger partial charge is 0.449 e. The number of aryl methyl sites for hydroxylation is 2. The van der Waals surface area contributed by atoms with Gasteiger partial charge in [-0.2, -0.15) is 5.10 Å². The van der Waals surface area contributed by atoms with Crippen LogP contribution in [0.15, 0.2) is 23.1 Å². The molecule has 8 nitrogen and oxygen atoms in total. The summed E-state index contributed by atoms with van der Waals surface area (Å²) in [5.74, 6) is -0.473. The van der Waals surface area contributed by atoms with Crippen LogP contribution in [0.5, 0.6) is 0 Å². The third-order valence-electron chi connectivity index (χ3n) is 4.49. The van der Waals surface area contributed by atoms with Gasteiger partial charge in [-0.3, -0.25) is 14.3 Å². The molecule has 0 fully saturated rings. The first-order valence-electron chi connectivity index (χ1n) is 8.85. The van der Waals surface area contributed by atoms with Crippen molar-refractivity contribution in [2.45, 2.75) is 38.2 Å². The fourth-order valence-electron chi connectivity index (χ4n) is 2.81. The highest BCUT2D eigenvalue weighted by molar-refractivity contribution is 7.99. The number of hydrogen-bond donors (Lipinski definition) is 2. The van der Waals surface area contributed by atoms with Crippen molar-refractivity contribution < 1.29 is 19.1 Å². The van der Waals surface area contributed by atoms with E-state index < -0.39 is 18.0 Å². The molecule has 0 radical (unpaired) electrons. The van der Waals surface area contributed by atoms with Gasteiger partial charge in [0.05, 0.1) is 28.3 Å². The SMILES string of the molecule is Cc1nn(C)c(C)c1NC(=O)[C@H](C)OC(=O)c1ccc2c(c1)NC(=O)CCS2. The number of esters is 1. The van der Waals surface area contributed by atoms with Crippen molar-refractivity contribution in [1.82, 2.24) is 9.78 Å². The Morgan fingerprint density at radius 3 is 2.79 bits per heavy atom. The van der Waals surface area contributed by atoms with Crippen LogP contribution in [-0.4, -0.2) is 39.4 Å². The molecule has 3 rings (SSSR count). The lowest BCUT2D eigenvalue weighted by atomic mass is 10.2. The van der Waals surface area contributed by atoms with E-state index in [9.17, 15) is 14.4 Å².